The molecule has 1 unspecified atom stereocenters. The maximum atomic E-state index is 12.0. The summed E-state index contributed by atoms with van der Waals surface area (Å²) in [6, 6.07) is 0. The minimum Gasteiger partial charge on any atom is -0.467 e. The molecule has 10 heteroatoms. The summed E-state index contributed by atoms with van der Waals surface area (Å²) < 4.78 is 69.6. The van der Waals surface area contributed by atoms with Crippen molar-refractivity contribution < 1.29 is 40.0 Å². The Bertz CT molecular complexity index is 349. The second-order valence-corrected chi connectivity index (χ2v) is 4.23. The van der Waals surface area contributed by atoms with E-state index >= 15 is 0 Å². The second kappa shape index (κ2) is 6.17. The summed E-state index contributed by atoms with van der Waals surface area (Å²) in [5.74, 6) is -1.27. The van der Waals surface area contributed by atoms with Crippen molar-refractivity contribution in [3.63, 3.8) is 0 Å². The number of rotatable bonds is 6. The summed E-state index contributed by atoms with van der Waals surface area (Å²) >= 11 is 0. The first-order valence-corrected chi connectivity index (χ1v) is 5.71. The molecule has 0 radical (unpaired) electrons. The first kappa shape index (κ1) is 16.1. The number of carbonyl (C=O) groups excluding carboxylic acids is 1. The highest BCUT2D eigenvalue weighted by Crippen LogP contribution is 2.25. The third kappa shape index (κ3) is 4.88. The first-order valence-electron chi connectivity index (χ1n) is 4.30. The van der Waals surface area contributed by atoms with Gasteiger partial charge in [-0.05, 0) is 6.92 Å². The van der Waals surface area contributed by atoms with Crippen LogP contribution in [0, 0.1) is 0 Å². The lowest BCUT2D eigenvalue weighted by atomic mass is 10.4. The van der Waals surface area contributed by atoms with Crippen LogP contribution in [0.3, 0.4) is 0 Å². The Balaban J connectivity index is 4.81. The highest BCUT2D eigenvalue weighted by Gasteiger charge is 2.49. The Kier molecular flexibility index (Phi) is 5.85. The van der Waals surface area contributed by atoms with Gasteiger partial charge in [-0.1, -0.05) is 0 Å². The highest BCUT2D eigenvalue weighted by molar-refractivity contribution is 7.87. The molecule has 0 fully saturated rings. The van der Waals surface area contributed by atoms with E-state index in [2.05, 4.69) is 13.7 Å². The molecule has 0 amide bonds. The summed E-state index contributed by atoms with van der Waals surface area (Å²) in [7, 11) is -4.98. The molecule has 0 N–H and O–H groups in total. The molecular weight excluding hydrogens is 269 g/mol. The van der Waals surface area contributed by atoms with Gasteiger partial charge in [0.05, 0.1) is 13.7 Å². The Morgan fingerprint density at radius 3 is 2.24 bits per heavy atom. The van der Waals surface area contributed by atoms with Gasteiger partial charge in [0.1, 0.15) is 0 Å². The zero-order valence-corrected chi connectivity index (χ0v) is 9.80. The van der Waals surface area contributed by atoms with Gasteiger partial charge >= 0.3 is 21.6 Å². The molecule has 0 aliphatic carbocycles. The first-order chi connectivity index (χ1) is 7.65. The van der Waals surface area contributed by atoms with Crippen LogP contribution in [0.5, 0.6) is 0 Å². The third-order valence-electron chi connectivity index (χ3n) is 1.46. The van der Waals surface area contributed by atoms with Crippen molar-refractivity contribution in [2.45, 2.75) is 18.5 Å². The molecule has 0 aromatic carbocycles. The van der Waals surface area contributed by atoms with Crippen LogP contribution in [0.2, 0.25) is 0 Å². The van der Waals surface area contributed by atoms with E-state index in [0.717, 1.165) is 7.11 Å². The van der Waals surface area contributed by atoms with Crippen molar-refractivity contribution in [2.24, 2.45) is 0 Å². The van der Waals surface area contributed by atoms with Gasteiger partial charge in [-0.3, -0.25) is 0 Å². The third-order valence-corrected chi connectivity index (χ3v) is 2.52. The summed E-state index contributed by atoms with van der Waals surface area (Å²) in [5.41, 5.74) is -5.61. The monoisotopic (exact) mass is 280 g/mol. The minimum absolute atomic E-state index is 0.0723. The topological polar surface area (TPSA) is 78.9 Å². The van der Waals surface area contributed by atoms with Gasteiger partial charge in [-0.15, -0.1) is 0 Å². The van der Waals surface area contributed by atoms with E-state index in [0.29, 0.717) is 0 Å². The standard InChI is InChI=1S/C7H11F3O6S/c1-3-15-4-5(6(11)14-2)16-17(12,13)7(8,9)10/h5H,3-4H2,1-2H3. The molecule has 1 atom stereocenters. The number of ether oxygens (including phenoxy) is 2. The molecule has 0 spiro atoms. The zero-order chi connectivity index (χ0) is 13.7. The Labute approximate surface area is 95.8 Å². The van der Waals surface area contributed by atoms with Crippen molar-refractivity contribution in [3.05, 3.63) is 0 Å². The molecule has 0 aromatic rings. The van der Waals surface area contributed by atoms with E-state index in [1.807, 2.05) is 0 Å². The molecule has 17 heavy (non-hydrogen) atoms. The average Bonchev–Trinajstić information content (AvgIpc) is 2.21. The van der Waals surface area contributed by atoms with Crippen molar-refractivity contribution in [2.75, 3.05) is 20.3 Å². The Hall–Kier alpha value is -0.870. The molecule has 0 aliphatic heterocycles. The van der Waals surface area contributed by atoms with Gasteiger partial charge in [0, 0.05) is 6.61 Å². The van der Waals surface area contributed by atoms with E-state index in [-0.39, 0.29) is 6.61 Å². The minimum atomic E-state index is -5.86. The number of hydrogen-bond donors (Lipinski definition) is 0. The fourth-order valence-electron chi connectivity index (χ4n) is 0.699. The molecule has 0 bridgehead atoms. The number of alkyl halides is 3. The largest absolute Gasteiger partial charge is 0.523 e. The van der Waals surface area contributed by atoms with Gasteiger partial charge in [0.2, 0.25) is 0 Å². The van der Waals surface area contributed by atoms with Crippen LogP contribution in [-0.4, -0.2) is 46.3 Å². The fourth-order valence-corrected chi connectivity index (χ4v) is 1.25. The van der Waals surface area contributed by atoms with Gasteiger partial charge in [0.15, 0.2) is 6.10 Å². The number of methoxy groups -OCH3 is 1. The SMILES string of the molecule is CCOCC(OS(=O)(=O)C(F)(F)F)C(=O)OC. The van der Waals surface area contributed by atoms with E-state index in [4.69, 9.17) is 0 Å². The Morgan fingerprint density at radius 2 is 1.88 bits per heavy atom. The fraction of sp³-hybridized carbons (Fsp3) is 0.857. The quantitative estimate of drug-likeness (QED) is 0.399. The van der Waals surface area contributed by atoms with Crippen molar-refractivity contribution >= 4 is 16.1 Å². The van der Waals surface area contributed by atoms with Crippen LogP contribution < -0.4 is 0 Å². The average molecular weight is 280 g/mol. The lowest BCUT2D eigenvalue weighted by Gasteiger charge is -2.16. The zero-order valence-electron chi connectivity index (χ0n) is 8.98. The molecule has 0 aliphatic rings. The van der Waals surface area contributed by atoms with Gasteiger partial charge in [-0.2, -0.15) is 21.6 Å². The van der Waals surface area contributed by atoms with Crippen molar-refractivity contribution in [3.8, 4) is 0 Å². The summed E-state index contributed by atoms with van der Waals surface area (Å²) in [6.07, 6.45) is -1.98. The van der Waals surface area contributed by atoms with Crippen LogP contribution in [-0.2, 0) is 28.6 Å². The molecule has 6 nitrogen and oxygen atoms in total. The second-order valence-electron chi connectivity index (χ2n) is 2.67. The molecular formula is C7H11F3O6S. The predicted molar refractivity (Wildman–Crippen MR) is 48.4 cm³/mol. The van der Waals surface area contributed by atoms with Crippen LogP contribution in [0.4, 0.5) is 13.2 Å². The van der Waals surface area contributed by atoms with Crippen LogP contribution in [0.1, 0.15) is 6.92 Å². The molecule has 0 saturated carbocycles. The van der Waals surface area contributed by atoms with E-state index in [9.17, 15) is 26.4 Å². The number of carbonyl (C=O) groups is 1. The van der Waals surface area contributed by atoms with Crippen LogP contribution in [0.25, 0.3) is 0 Å². The highest BCUT2D eigenvalue weighted by atomic mass is 32.2. The Morgan fingerprint density at radius 1 is 1.35 bits per heavy atom. The summed E-state index contributed by atoms with van der Waals surface area (Å²) in [6.45, 7) is 0.925. The van der Waals surface area contributed by atoms with Crippen LogP contribution >= 0.6 is 0 Å². The van der Waals surface area contributed by atoms with Crippen molar-refractivity contribution in [1.82, 2.24) is 0 Å². The molecule has 0 rings (SSSR count). The van der Waals surface area contributed by atoms with Gasteiger partial charge < -0.3 is 9.47 Å². The molecule has 0 aromatic heterocycles. The van der Waals surface area contributed by atoms with Crippen molar-refractivity contribution in [1.29, 1.82) is 0 Å². The lowest BCUT2D eigenvalue weighted by Crippen LogP contribution is -2.37. The molecule has 102 valence electrons. The normalized spacial score (nSPS) is 14.4. The van der Waals surface area contributed by atoms with E-state index < -0.39 is 34.3 Å². The maximum absolute atomic E-state index is 12.0. The van der Waals surface area contributed by atoms with Gasteiger partial charge in [-0.25, -0.2) is 8.98 Å². The number of hydrogen-bond acceptors (Lipinski definition) is 6. The maximum Gasteiger partial charge on any atom is 0.523 e. The van der Waals surface area contributed by atoms with E-state index in [1.165, 1.54) is 6.92 Å². The molecule has 0 saturated heterocycles. The van der Waals surface area contributed by atoms with E-state index in [1.54, 1.807) is 0 Å². The number of esters is 1. The molecule has 0 heterocycles. The predicted octanol–water partition coefficient (Wildman–Crippen LogP) is 0.431. The lowest BCUT2D eigenvalue weighted by molar-refractivity contribution is -0.152. The van der Waals surface area contributed by atoms with Gasteiger partial charge in [0.25, 0.3) is 0 Å². The summed E-state index contributed by atoms with van der Waals surface area (Å²) in [4.78, 5) is 11.0. The smallest absolute Gasteiger partial charge is 0.467 e. The number of halogens is 3. The van der Waals surface area contributed by atoms with Crippen LogP contribution in [0.15, 0.2) is 0 Å². The summed E-state index contributed by atoms with van der Waals surface area (Å²) in [5, 5.41) is 0.